The van der Waals surface area contributed by atoms with Gasteiger partial charge in [0.15, 0.2) is 6.10 Å². The van der Waals surface area contributed by atoms with Gasteiger partial charge in [0.05, 0.1) is 5.69 Å². The predicted molar refractivity (Wildman–Crippen MR) is 70.3 cm³/mol. The van der Waals surface area contributed by atoms with E-state index in [4.69, 9.17) is 10.5 Å². The molecular formula is C12H15BrN2O2. The Hall–Kier alpha value is -1.07. The average Bonchev–Trinajstić information content (AvgIpc) is 2.29. The first-order valence-corrected chi connectivity index (χ1v) is 6.31. The van der Waals surface area contributed by atoms with E-state index < -0.39 is 6.10 Å². The number of hydrogen-bond donors (Lipinski definition) is 2. The fourth-order valence-corrected chi connectivity index (χ4v) is 2.24. The van der Waals surface area contributed by atoms with Gasteiger partial charge < -0.3 is 15.8 Å². The fraction of sp³-hybridized carbons (Fsp3) is 0.417. The highest BCUT2D eigenvalue weighted by Crippen LogP contribution is 2.39. The molecule has 1 aromatic carbocycles. The molecule has 0 aliphatic carbocycles. The number of rotatable bonds is 2. The molecule has 4 nitrogen and oxygen atoms in total. The molecular weight excluding hydrogens is 284 g/mol. The van der Waals surface area contributed by atoms with Gasteiger partial charge in [-0.15, -0.1) is 0 Å². The van der Waals surface area contributed by atoms with Crippen molar-refractivity contribution in [3.05, 3.63) is 21.7 Å². The van der Waals surface area contributed by atoms with E-state index in [0.29, 0.717) is 13.0 Å². The summed E-state index contributed by atoms with van der Waals surface area (Å²) >= 11 is 3.50. The summed E-state index contributed by atoms with van der Waals surface area (Å²) in [5.74, 6) is 0.600. The molecule has 1 atom stereocenters. The van der Waals surface area contributed by atoms with E-state index in [9.17, 15) is 4.79 Å². The van der Waals surface area contributed by atoms with Crippen molar-refractivity contribution in [2.24, 2.45) is 5.73 Å². The van der Waals surface area contributed by atoms with Gasteiger partial charge in [-0.2, -0.15) is 0 Å². The summed E-state index contributed by atoms with van der Waals surface area (Å²) in [6, 6.07) is 1.93. The lowest BCUT2D eigenvalue weighted by Crippen LogP contribution is -2.38. The smallest absolute Gasteiger partial charge is 0.265 e. The van der Waals surface area contributed by atoms with E-state index >= 15 is 0 Å². The van der Waals surface area contributed by atoms with Gasteiger partial charge in [-0.05, 0) is 37.6 Å². The van der Waals surface area contributed by atoms with Crippen molar-refractivity contribution >= 4 is 27.5 Å². The lowest BCUT2D eigenvalue weighted by Gasteiger charge is -2.27. The Morgan fingerprint density at radius 2 is 2.24 bits per heavy atom. The largest absolute Gasteiger partial charge is 0.478 e. The van der Waals surface area contributed by atoms with Crippen LogP contribution < -0.4 is 15.8 Å². The van der Waals surface area contributed by atoms with Crippen molar-refractivity contribution in [1.29, 1.82) is 0 Å². The van der Waals surface area contributed by atoms with Gasteiger partial charge in [-0.1, -0.05) is 15.9 Å². The van der Waals surface area contributed by atoms with E-state index in [1.54, 1.807) is 0 Å². The summed E-state index contributed by atoms with van der Waals surface area (Å²) < 4.78 is 6.69. The number of ether oxygens (including phenoxy) is 1. The summed E-state index contributed by atoms with van der Waals surface area (Å²) in [4.78, 5) is 11.8. The highest BCUT2D eigenvalue weighted by molar-refractivity contribution is 9.10. The van der Waals surface area contributed by atoms with Crippen LogP contribution in [0.2, 0.25) is 0 Å². The zero-order chi connectivity index (χ0) is 12.6. The Morgan fingerprint density at radius 3 is 2.88 bits per heavy atom. The molecule has 1 aromatic rings. The second-order valence-corrected chi connectivity index (χ2v) is 4.97. The second kappa shape index (κ2) is 4.66. The summed E-state index contributed by atoms with van der Waals surface area (Å²) in [5.41, 5.74) is 8.28. The van der Waals surface area contributed by atoms with E-state index in [0.717, 1.165) is 27.0 Å². The first kappa shape index (κ1) is 12.4. The number of fused-ring (bicyclic) bond motifs is 1. The van der Waals surface area contributed by atoms with Crippen LogP contribution in [0.1, 0.15) is 17.5 Å². The molecule has 5 heteroatoms. The minimum absolute atomic E-state index is 0.123. The maximum Gasteiger partial charge on any atom is 0.265 e. The third-order valence-electron chi connectivity index (χ3n) is 2.88. The highest BCUT2D eigenvalue weighted by Gasteiger charge is 2.28. The van der Waals surface area contributed by atoms with Gasteiger partial charge in [-0.25, -0.2) is 0 Å². The van der Waals surface area contributed by atoms with Gasteiger partial charge in [0.1, 0.15) is 5.75 Å². The maximum absolute atomic E-state index is 11.8. The molecule has 17 heavy (non-hydrogen) atoms. The summed E-state index contributed by atoms with van der Waals surface area (Å²) in [6.07, 6.45) is 0.0480. The lowest BCUT2D eigenvalue weighted by molar-refractivity contribution is -0.123. The molecule has 1 amide bonds. The number of anilines is 1. The van der Waals surface area contributed by atoms with Gasteiger partial charge in [0.25, 0.3) is 5.91 Å². The minimum Gasteiger partial charge on any atom is -0.478 e. The topological polar surface area (TPSA) is 64.4 Å². The second-order valence-electron chi connectivity index (χ2n) is 4.18. The molecule has 0 radical (unpaired) electrons. The number of benzene rings is 1. The van der Waals surface area contributed by atoms with Crippen molar-refractivity contribution in [2.45, 2.75) is 26.4 Å². The van der Waals surface area contributed by atoms with Crippen LogP contribution in [-0.2, 0) is 4.79 Å². The fourth-order valence-electron chi connectivity index (χ4n) is 1.92. The van der Waals surface area contributed by atoms with Crippen molar-refractivity contribution in [3.8, 4) is 5.75 Å². The van der Waals surface area contributed by atoms with Gasteiger partial charge in [-0.3, -0.25) is 4.79 Å². The van der Waals surface area contributed by atoms with Crippen LogP contribution in [0.25, 0.3) is 0 Å². The monoisotopic (exact) mass is 298 g/mol. The minimum atomic E-state index is -0.479. The van der Waals surface area contributed by atoms with Crippen LogP contribution in [0.15, 0.2) is 10.5 Å². The van der Waals surface area contributed by atoms with E-state index in [1.165, 1.54) is 0 Å². The lowest BCUT2D eigenvalue weighted by atomic mass is 10.1. The van der Waals surface area contributed by atoms with Crippen molar-refractivity contribution in [1.82, 2.24) is 0 Å². The highest BCUT2D eigenvalue weighted by atomic mass is 79.9. The molecule has 0 fully saturated rings. The third kappa shape index (κ3) is 2.17. The van der Waals surface area contributed by atoms with E-state index in [2.05, 4.69) is 21.2 Å². The molecule has 0 bridgehead atoms. The standard InChI is InChI=1S/C12H15BrN2O2/c1-6-5-9-11(7(2)10(6)13)15-12(16)8(17-9)3-4-14/h5,8H,3-4,14H2,1-2H3,(H,15,16). The SMILES string of the molecule is Cc1cc2c(c(C)c1Br)NC(=O)C(CCN)O2. The van der Waals surface area contributed by atoms with Crippen LogP contribution in [0.5, 0.6) is 5.75 Å². The Bertz CT molecular complexity index is 474. The Kier molecular flexibility index (Phi) is 3.40. The van der Waals surface area contributed by atoms with Crippen LogP contribution in [0.3, 0.4) is 0 Å². The molecule has 1 aliphatic heterocycles. The molecule has 1 aliphatic rings. The third-order valence-corrected chi connectivity index (χ3v) is 4.10. The number of hydrogen-bond acceptors (Lipinski definition) is 3. The summed E-state index contributed by atoms with van der Waals surface area (Å²) in [6.45, 7) is 4.37. The Labute approximate surface area is 109 Å². The number of carbonyl (C=O) groups is 1. The summed E-state index contributed by atoms with van der Waals surface area (Å²) in [7, 11) is 0. The molecule has 1 unspecified atom stereocenters. The molecule has 0 spiro atoms. The molecule has 1 heterocycles. The number of halogens is 1. The molecule has 0 aromatic heterocycles. The zero-order valence-corrected chi connectivity index (χ0v) is 11.4. The van der Waals surface area contributed by atoms with Gasteiger partial charge in [0, 0.05) is 10.9 Å². The molecule has 2 rings (SSSR count). The van der Waals surface area contributed by atoms with E-state index in [1.807, 2.05) is 19.9 Å². The quantitative estimate of drug-likeness (QED) is 0.879. The Balaban J connectivity index is 2.42. The molecule has 3 N–H and O–H groups in total. The first-order valence-electron chi connectivity index (χ1n) is 5.52. The van der Waals surface area contributed by atoms with Gasteiger partial charge >= 0.3 is 0 Å². The normalized spacial score (nSPS) is 18.4. The molecule has 0 saturated heterocycles. The van der Waals surface area contributed by atoms with Crippen molar-refractivity contribution in [3.63, 3.8) is 0 Å². The maximum atomic E-state index is 11.8. The number of nitrogens with one attached hydrogen (secondary N) is 1. The number of amides is 1. The number of aryl methyl sites for hydroxylation is 1. The van der Waals surface area contributed by atoms with Crippen LogP contribution in [-0.4, -0.2) is 18.6 Å². The van der Waals surface area contributed by atoms with Gasteiger partial charge in [0.2, 0.25) is 0 Å². The van der Waals surface area contributed by atoms with Crippen molar-refractivity contribution < 1.29 is 9.53 Å². The Morgan fingerprint density at radius 1 is 1.53 bits per heavy atom. The molecule has 92 valence electrons. The van der Waals surface area contributed by atoms with Crippen LogP contribution in [0, 0.1) is 13.8 Å². The first-order chi connectivity index (χ1) is 8.04. The molecule has 0 saturated carbocycles. The average molecular weight is 299 g/mol. The van der Waals surface area contributed by atoms with E-state index in [-0.39, 0.29) is 5.91 Å². The summed E-state index contributed by atoms with van der Waals surface area (Å²) in [5, 5.41) is 2.88. The predicted octanol–water partition coefficient (Wildman–Crippen LogP) is 2.11. The van der Waals surface area contributed by atoms with Crippen LogP contribution in [0.4, 0.5) is 5.69 Å². The van der Waals surface area contributed by atoms with Crippen LogP contribution >= 0.6 is 15.9 Å². The van der Waals surface area contributed by atoms with Crippen molar-refractivity contribution in [2.75, 3.05) is 11.9 Å². The number of nitrogens with two attached hydrogens (primary N) is 1. The number of carbonyl (C=O) groups excluding carboxylic acids is 1. The zero-order valence-electron chi connectivity index (χ0n) is 9.84.